The molecule has 0 aliphatic rings. The van der Waals surface area contributed by atoms with E-state index >= 15 is 0 Å². The number of nitrogens with one attached hydrogen (secondary N) is 3. The summed E-state index contributed by atoms with van der Waals surface area (Å²) in [6.45, 7) is 7.23. The number of aromatic amines is 1. The van der Waals surface area contributed by atoms with Crippen LogP contribution in [0.4, 0.5) is 0 Å². The fourth-order valence-corrected chi connectivity index (χ4v) is 4.17. The van der Waals surface area contributed by atoms with Gasteiger partial charge in [-0.2, -0.15) is 0 Å². The molecular formula is C24H29Cl2N3O4. The number of hydrogen-bond acceptors (Lipinski definition) is 4. The van der Waals surface area contributed by atoms with Gasteiger partial charge in [0.2, 0.25) is 0 Å². The molecule has 7 nitrogen and oxygen atoms in total. The van der Waals surface area contributed by atoms with Crippen molar-refractivity contribution in [3.05, 3.63) is 45.4 Å². The number of hydrogen-bond donors (Lipinski definition) is 5. The highest BCUT2D eigenvalue weighted by Crippen LogP contribution is 2.34. The predicted octanol–water partition coefficient (Wildman–Crippen LogP) is 4.12. The van der Waals surface area contributed by atoms with Crippen molar-refractivity contribution in [3.8, 4) is 0 Å². The second-order valence-corrected chi connectivity index (χ2v) is 9.76. The van der Waals surface area contributed by atoms with Crippen molar-refractivity contribution in [1.82, 2.24) is 15.6 Å². The number of carbonyl (C=O) groups is 2. The first-order valence-electron chi connectivity index (χ1n) is 10.8. The average Bonchev–Trinajstić information content (AvgIpc) is 3.11. The Balaban J connectivity index is 2.16. The van der Waals surface area contributed by atoms with Gasteiger partial charge in [0.15, 0.2) is 0 Å². The number of H-pyrrole nitrogens is 1. The molecule has 0 aliphatic carbocycles. The molecule has 2 atom stereocenters. The van der Waals surface area contributed by atoms with Gasteiger partial charge < -0.3 is 25.8 Å². The predicted molar refractivity (Wildman–Crippen MR) is 132 cm³/mol. The molecule has 0 bridgehead atoms. The fraction of sp³-hybridized carbons (Fsp3) is 0.417. The minimum atomic E-state index is -0.418. The number of halogens is 2. The van der Waals surface area contributed by atoms with Gasteiger partial charge in [0.1, 0.15) is 0 Å². The summed E-state index contributed by atoms with van der Waals surface area (Å²) in [5, 5.41) is 26.9. The Bertz CT molecular complexity index is 1100. The van der Waals surface area contributed by atoms with Crippen molar-refractivity contribution < 1.29 is 19.8 Å². The lowest BCUT2D eigenvalue weighted by Gasteiger charge is -2.20. The fourth-order valence-electron chi connectivity index (χ4n) is 3.73. The lowest BCUT2D eigenvalue weighted by molar-refractivity contribution is 0.0892. The van der Waals surface area contributed by atoms with Crippen LogP contribution in [0.1, 0.15) is 48.4 Å². The van der Waals surface area contributed by atoms with Crippen LogP contribution >= 0.6 is 23.2 Å². The van der Waals surface area contributed by atoms with E-state index in [1.54, 1.807) is 24.3 Å². The number of rotatable bonds is 8. The molecule has 178 valence electrons. The average molecular weight is 494 g/mol. The van der Waals surface area contributed by atoms with Crippen molar-refractivity contribution in [2.45, 2.75) is 39.8 Å². The Kier molecular flexibility index (Phi) is 7.90. The summed E-state index contributed by atoms with van der Waals surface area (Å²) in [5.41, 5.74) is 1.61. The van der Waals surface area contributed by atoms with E-state index in [2.05, 4.69) is 15.6 Å². The van der Waals surface area contributed by atoms with Crippen molar-refractivity contribution in [2.75, 3.05) is 13.2 Å². The van der Waals surface area contributed by atoms with Crippen molar-refractivity contribution in [1.29, 1.82) is 0 Å². The van der Waals surface area contributed by atoms with Crippen LogP contribution in [0.5, 0.6) is 0 Å². The summed E-state index contributed by atoms with van der Waals surface area (Å²) in [7, 11) is 0. The number of benzene rings is 2. The van der Waals surface area contributed by atoms with E-state index in [9.17, 15) is 19.8 Å². The molecular weight excluding hydrogens is 465 g/mol. The topological polar surface area (TPSA) is 114 Å². The Hall–Kier alpha value is -2.32. The summed E-state index contributed by atoms with van der Waals surface area (Å²) < 4.78 is 0. The second-order valence-electron chi connectivity index (χ2n) is 8.89. The zero-order valence-corrected chi connectivity index (χ0v) is 20.5. The summed E-state index contributed by atoms with van der Waals surface area (Å²) in [5.74, 6) is -0.713. The highest BCUT2D eigenvalue weighted by atomic mass is 35.5. The number of aliphatic hydroxyl groups is 2. The summed E-state index contributed by atoms with van der Waals surface area (Å²) in [6.07, 6.45) is 0. The zero-order valence-electron chi connectivity index (χ0n) is 19.0. The molecule has 0 radical (unpaired) electrons. The number of aromatic nitrogens is 1. The van der Waals surface area contributed by atoms with Crippen LogP contribution in [0.25, 0.3) is 21.8 Å². The van der Waals surface area contributed by atoms with E-state index in [4.69, 9.17) is 23.2 Å². The van der Waals surface area contributed by atoms with Gasteiger partial charge in [0, 0.05) is 20.8 Å². The molecule has 3 aromatic rings. The quantitative estimate of drug-likeness (QED) is 0.324. The number of carbonyl (C=O) groups excluding carboxylic acids is 2. The van der Waals surface area contributed by atoms with Crippen molar-refractivity contribution in [2.24, 2.45) is 11.8 Å². The van der Waals surface area contributed by atoms with Crippen molar-refractivity contribution in [3.63, 3.8) is 0 Å². The summed E-state index contributed by atoms with van der Waals surface area (Å²) >= 11 is 12.7. The third-order valence-electron chi connectivity index (χ3n) is 5.87. The van der Waals surface area contributed by atoms with Crippen LogP contribution in [0.15, 0.2) is 24.3 Å². The number of aliphatic hydroxyl groups excluding tert-OH is 2. The first-order chi connectivity index (χ1) is 15.6. The standard InChI is InChI=1S/C24H29Cl2N3O4/c1-11(2)19(9-30)27-23(32)17-7-13(25)5-15-16-6-14(26)8-18(22(16)29-21(15)17)24(33)28-20(10-31)12(3)4/h5-8,11-12,19-20,29-31H,9-10H2,1-4H3,(H,27,32)(H,28,33)/t19-,20-/m1/s1. The molecule has 1 aromatic heterocycles. The lowest BCUT2D eigenvalue weighted by Crippen LogP contribution is -2.41. The van der Waals surface area contributed by atoms with Gasteiger partial charge in [0.25, 0.3) is 11.8 Å². The van der Waals surface area contributed by atoms with Gasteiger partial charge in [0.05, 0.1) is 47.5 Å². The Morgan fingerprint density at radius 1 is 0.788 bits per heavy atom. The van der Waals surface area contributed by atoms with Gasteiger partial charge in [-0.15, -0.1) is 0 Å². The molecule has 9 heteroatoms. The maximum absolute atomic E-state index is 13.1. The molecule has 0 saturated carbocycles. The maximum Gasteiger partial charge on any atom is 0.253 e. The molecule has 0 spiro atoms. The Morgan fingerprint density at radius 3 is 1.45 bits per heavy atom. The largest absolute Gasteiger partial charge is 0.394 e. The Labute approximate surface area is 202 Å². The van der Waals surface area contributed by atoms with E-state index in [1.807, 2.05) is 27.7 Å². The van der Waals surface area contributed by atoms with Crippen LogP contribution in [-0.2, 0) is 0 Å². The molecule has 1 heterocycles. The highest BCUT2D eigenvalue weighted by Gasteiger charge is 2.23. The normalized spacial score (nSPS) is 13.6. The molecule has 2 aromatic carbocycles. The molecule has 2 amide bonds. The van der Waals surface area contributed by atoms with Crippen LogP contribution in [-0.4, -0.2) is 52.3 Å². The second kappa shape index (κ2) is 10.3. The lowest BCUT2D eigenvalue weighted by atomic mass is 10.0. The third-order valence-corrected chi connectivity index (χ3v) is 6.31. The van der Waals surface area contributed by atoms with Crippen molar-refractivity contribution >= 4 is 56.8 Å². The Morgan fingerprint density at radius 2 is 1.15 bits per heavy atom. The van der Waals surface area contributed by atoms with E-state index in [0.717, 1.165) is 0 Å². The van der Waals surface area contributed by atoms with Crippen LogP contribution in [0, 0.1) is 11.8 Å². The van der Waals surface area contributed by atoms with E-state index in [-0.39, 0.29) is 36.9 Å². The minimum absolute atomic E-state index is 0.0332. The third kappa shape index (κ3) is 5.27. The smallest absolute Gasteiger partial charge is 0.253 e. The molecule has 5 N–H and O–H groups in total. The first kappa shape index (κ1) is 25.3. The first-order valence-corrected chi connectivity index (χ1v) is 11.6. The molecule has 0 aliphatic heterocycles. The van der Waals surface area contributed by atoms with Crippen LogP contribution < -0.4 is 10.6 Å². The van der Waals surface area contributed by atoms with E-state index in [1.165, 1.54) is 0 Å². The summed E-state index contributed by atoms with van der Waals surface area (Å²) in [6, 6.07) is 5.68. The maximum atomic E-state index is 13.1. The van der Waals surface area contributed by atoms with Gasteiger partial charge in [-0.05, 0) is 36.1 Å². The SMILES string of the molecule is CC(C)[C@@H](CO)NC(=O)c1cc(Cl)cc2c1[nH]c1c(C(=O)N[C@H](CO)C(C)C)cc(Cl)cc12. The number of fused-ring (bicyclic) bond motifs is 3. The van der Waals surface area contributed by atoms with Crippen LogP contribution in [0.2, 0.25) is 10.0 Å². The minimum Gasteiger partial charge on any atom is -0.394 e. The zero-order chi connectivity index (χ0) is 24.4. The molecule has 33 heavy (non-hydrogen) atoms. The van der Waals surface area contributed by atoms with E-state index < -0.39 is 12.1 Å². The summed E-state index contributed by atoms with van der Waals surface area (Å²) in [4.78, 5) is 29.4. The monoisotopic (exact) mass is 493 g/mol. The van der Waals surface area contributed by atoms with E-state index in [0.29, 0.717) is 43.0 Å². The van der Waals surface area contributed by atoms with Crippen LogP contribution in [0.3, 0.4) is 0 Å². The van der Waals surface area contributed by atoms with Gasteiger partial charge in [-0.3, -0.25) is 9.59 Å². The highest BCUT2D eigenvalue weighted by molar-refractivity contribution is 6.35. The molecule has 0 fully saturated rings. The van der Waals surface area contributed by atoms with Gasteiger partial charge >= 0.3 is 0 Å². The molecule has 0 unspecified atom stereocenters. The van der Waals surface area contributed by atoms with Gasteiger partial charge in [-0.25, -0.2) is 0 Å². The molecule has 0 saturated heterocycles. The number of amides is 2. The molecule has 3 rings (SSSR count). The van der Waals surface area contributed by atoms with Gasteiger partial charge in [-0.1, -0.05) is 50.9 Å².